The molecule has 0 aliphatic carbocycles. The third-order valence-corrected chi connectivity index (χ3v) is 4.27. The summed E-state index contributed by atoms with van der Waals surface area (Å²) in [5.41, 5.74) is 2.21. The van der Waals surface area contributed by atoms with E-state index in [9.17, 15) is 0 Å². The van der Waals surface area contributed by atoms with E-state index in [1.807, 2.05) is 18.3 Å². The molecule has 0 amide bonds. The Balaban J connectivity index is 1.50. The van der Waals surface area contributed by atoms with Crippen LogP contribution in [0.4, 0.5) is 0 Å². The van der Waals surface area contributed by atoms with Crippen molar-refractivity contribution in [1.82, 2.24) is 25.3 Å². The number of guanidine groups is 1. The van der Waals surface area contributed by atoms with E-state index in [-0.39, 0.29) is 0 Å². The smallest absolute Gasteiger partial charge is 0.194 e. The molecule has 0 aromatic carbocycles. The van der Waals surface area contributed by atoms with Gasteiger partial charge in [-0.2, -0.15) is 0 Å². The van der Waals surface area contributed by atoms with Crippen LogP contribution < -0.4 is 5.32 Å². The van der Waals surface area contributed by atoms with Crippen LogP contribution in [0, 0.1) is 0 Å². The lowest BCUT2D eigenvalue weighted by molar-refractivity contribution is 0.169. The van der Waals surface area contributed by atoms with Gasteiger partial charge in [-0.15, -0.1) is 0 Å². The molecule has 25 heavy (non-hydrogen) atoms. The van der Waals surface area contributed by atoms with Gasteiger partial charge in [-0.25, -0.2) is 0 Å². The van der Waals surface area contributed by atoms with Crippen molar-refractivity contribution in [3.63, 3.8) is 0 Å². The Morgan fingerprint density at radius 1 is 1.28 bits per heavy atom. The predicted octanol–water partition coefficient (Wildman–Crippen LogP) is 1.40. The van der Waals surface area contributed by atoms with Gasteiger partial charge in [-0.3, -0.25) is 14.9 Å². The second-order valence-corrected chi connectivity index (χ2v) is 6.10. The standard InChI is InChI=1S/C18H26N6O/c1-2-20-18(21-8-5-16-4-3-7-19-14-16)24-11-9-23(10-12-24)15-17-6-13-25-22-17/h3-4,6-7,13-14H,2,5,8-12,15H2,1H3,(H,20,21). The Morgan fingerprint density at radius 3 is 2.84 bits per heavy atom. The summed E-state index contributed by atoms with van der Waals surface area (Å²) >= 11 is 0. The van der Waals surface area contributed by atoms with Gasteiger partial charge in [0.1, 0.15) is 6.26 Å². The second kappa shape index (κ2) is 9.17. The van der Waals surface area contributed by atoms with E-state index in [1.165, 1.54) is 5.56 Å². The van der Waals surface area contributed by atoms with Gasteiger partial charge in [0.25, 0.3) is 0 Å². The molecule has 1 aliphatic heterocycles. The van der Waals surface area contributed by atoms with Crippen LogP contribution in [-0.4, -0.2) is 65.2 Å². The van der Waals surface area contributed by atoms with Crippen molar-refractivity contribution >= 4 is 5.96 Å². The van der Waals surface area contributed by atoms with E-state index in [4.69, 9.17) is 9.52 Å². The number of piperazine rings is 1. The third kappa shape index (κ3) is 5.29. The minimum Gasteiger partial charge on any atom is -0.364 e. The Hall–Kier alpha value is -2.41. The number of nitrogens with one attached hydrogen (secondary N) is 1. The Labute approximate surface area is 148 Å². The summed E-state index contributed by atoms with van der Waals surface area (Å²) in [4.78, 5) is 13.7. The molecule has 7 heteroatoms. The summed E-state index contributed by atoms with van der Waals surface area (Å²) in [5.74, 6) is 1.01. The molecule has 0 saturated carbocycles. The molecule has 0 radical (unpaired) electrons. The first-order chi connectivity index (χ1) is 12.3. The highest BCUT2D eigenvalue weighted by molar-refractivity contribution is 5.80. The van der Waals surface area contributed by atoms with E-state index in [0.717, 1.165) is 63.9 Å². The van der Waals surface area contributed by atoms with Gasteiger partial charge in [0.05, 0.1) is 5.69 Å². The van der Waals surface area contributed by atoms with Gasteiger partial charge in [-0.1, -0.05) is 11.2 Å². The van der Waals surface area contributed by atoms with Crippen LogP contribution in [0.25, 0.3) is 0 Å². The zero-order chi connectivity index (χ0) is 17.3. The molecule has 3 heterocycles. The number of nitrogens with zero attached hydrogens (tertiary/aromatic N) is 5. The van der Waals surface area contributed by atoms with Crippen LogP contribution in [0.1, 0.15) is 18.2 Å². The zero-order valence-corrected chi connectivity index (χ0v) is 14.8. The van der Waals surface area contributed by atoms with Gasteiger partial charge in [0.15, 0.2) is 5.96 Å². The van der Waals surface area contributed by atoms with Gasteiger partial charge in [0.2, 0.25) is 0 Å². The molecule has 1 saturated heterocycles. The average Bonchev–Trinajstić information content (AvgIpc) is 3.16. The maximum atomic E-state index is 4.91. The monoisotopic (exact) mass is 342 g/mol. The maximum absolute atomic E-state index is 4.91. The summed E-state index contributed by atoms with van der Waals surface area (Å²) in [6.45, 7) is 8.54. The fraction of sp³-hybridized carbons (Fsp3) is 0.500. The van der Waals surface area contributed by atoms with Gasteiger partial charge in [0, 0.05) is 64.3 Å². The number of aliphatic imine (C=N–C) groups is 1. The molecule has 1 aliphatic rings. The van der Waals surface area contributed by atoms with Gasteiger partial charge < -0.3 is 14.7 Å². The lowest BCUT2D eigenvalue weighted by atomic mass is 10.2. The van der Waals surface area contributed by atoms with Crippen molar-refractivity contribution in [2.75, 3.05) is 39.3 Å². The predicted molar refractivity (Wildman–Crippen MR) is 97.3 cm³/mol. The molecule has 1 fully saturated rings. The first-order valence-corrected chi connectivity index (χ1v) is 8.89. The maximum Gasteiger partial charge on any atom is 0.194 e. The molecule has 134 valence electrons. The molecule has 0 spiro atoms. The molecule has 0 atom stereocenters. The Kier molecular flexibility index (Phi) is 6.39. The number of hydrogen-bond acceptors (Lipinski definition) is 5. The normalized spacial score (nSPS) is 16.2. The van der Waals surface area contributed by atoms with Crippen molar-refractivity contribution < 1.29 is 4.52 Å². The van der Waals surface area contributed by atoms with Crippen LogP contribution in [0.15, 0.2) is 46.4 Å². The van der Waals surface area contributed by atoms with Crippen molar-refractivity contribution in [3.8, 4) is 0 Å². The first-order valence-electron chi connectivity index (χ1n) is 8.89. The zero-order valence-electron chi connectivity index (χ0n) is 14.8. The van der Waals surface area contributed by atoms with Crippen LogP contribution >= 0.6 is 0 Å². The van der Waals surface area contributed by atoms with Crippen molar-refractivity contribution in [1.29, 1.82) is 0 Å². The number of hydrogen-bond donors (Lipinski definition) is 1. The lowest BCUT2D eigenvalue weighted by Gasteiger charge is -2.36. The molecule has 7 nitrogen and oxygen atoms in total. The highest BCUT2D eigenvalue weighted by Crippen LogP contribution is 2.07. The average molecular weight is 342 g/mol. The van der Waals surface area contributed by atoms with Crippen LogP contribution in [0.3, 0.4) is 0 Å². The number of aromatic nitrogens is 2. The summed E-state index contributed by atoms with van der Waals surface area (Å²) in [6, 6.07) is 5.99. The quantitative estimate of drug-likeness (QED) is 0.632. The van der Waals surface area contributed by atoms with Crippen LogP contribution in [0.2, 0.25) is 0 Å². The van der Waals surface area contributed by atoms with Crippen LogP contribution in [-0.2, 0) is 13.0 Å². The van der Waals surface area contributed by atoms with Crippen molar-refractivity contribution in [3.05, 3.63) is 48.1 Å². The molecule has 3 rings (SSSR count). The topological polar surface area (TPSA) is 69.8 Å². The largest absolute Gasteiger partial charge is 0.364 e. The summed E-state index contributed by atoms with van der Waals surface area (Å²) < 4.78 is 4.91. The SMILES string of the molecule is CCNC(=NCCc1cccnc1)N1CCN(Cc2ccon2)CC1. The molecular formula is C18H26N6O. The minimum absolute atomic E-state index is 0.771. The van der Waals surface area contributed by atoms with E-state index >= 15 is 0 Å². The fourth-order valence-corrected chi connectivity index (χ4v) is 2.93. The van der Waals surface area contributed by atoms with E-state index < -0.39 is 0 Å². The van der Waals surface area contributed by atoms with E-state index in [1.54, 1.807) is 12.5 Å². The van der Waals surface area contributed by atoms with Gasteiger partial charge in [-0.05, 0) is 25.0 Å². The van der Waals surface area contributed by atoms with Crippen molar-refractivity contribution in [2.24, 2.45) is 4.99 Å². The van der Waals surface area contributed by atoms with Crippen LogP contribution in [0.5, 0.6) is 0 Å². The molecule has 0 unspecified atom stereocenters. The van der Waals surface area contributed by atoms with Crippen molar-refractivity contribution in [2.45, 2.75) is 19.9 Å². The minimum atomic E-state index is 0.771. The number of rotatable bonds is 6. The summed E-state index contributed by atoms with van der Waals surface area (Å²) in [7, 11) is 0. The fourth-order valence-electron chi connectivity index (χ4n) is 2.93. The Morgan fingerprint density at radius 2 is 2.16 bits per heavy atom. The molecule has 1 N–H and O–H groups in total. The molecule has 2 aromatic rings. The molecule has 2 aromatic heterocycles. The summed E-state index contributed by atoms with van der Waals surface area (Å²) in [6.07, 6.45) is 6.25. The highest BCUT2D eigenvalue weighted by atomic mass is 16.5. The highest BCUT2D eigenvalue weighted by Gasteiger charge is 2.20. The van der Waals surface area contributed by atoms with Gasteiger partial charge >= 0.3 is 0 Å². The first kappa shape index (κ1) is 17.4. The lowest BCUT2D eigenvalue weighted by Crippen LogP contribution is -2.52. The van der Waals surface area contributed by atoms with E-state index in [2.05, 4.69) is 38.2 Å². The third-order valence-electron chi connectivity index (χ3n) is 4.27. The molecule has 0 bridgehead atoms. The summed E-state index contributed by atoms with van der Waals surface area (Å²) in [5, 5.41) is 7.41. The number of pyridine rings is 1. The molecular weight excluding hydrogens is 316 g/mol. The Bertz CT molecular complexity index is 635. The second-order valence-electron chi connectivity index (χ2n) is 6.10. The van der Waals surface area contributed by atoms with E-state index in [0.29, 0.717) is 0 Å².